The molecule has 0 radical (unpaired) electrons. The predicted molar refractivity (Wildman–Crippen MR) is 59.0 cm³/mol. The van der Waals surface area contributed by atoms with Crippen molar-refractivity contribution in [1.82, 2.24) is 25.6 Å². The van der Waals surface area contributed by atoms with E-state index in [1.165, 1.54) is 0 Å². The number of nitrogens with zero attached hydrogens (tertiary/aromatic N) is 4. The van der Waals surface area contributed by atoms with Gasteiger partial charge in [-0.15, -0.1) is 5.10 Å². The summed E-state index contributed by atoms with van der Waals surface area (Å²) < 4.78 is 1.69. The third-order valence-corrected chi connectivity index (χ3v) is 2.67. The first kappa shape index (κ1) is 11.5. The Bertz CT molecular complexity index is 444. The Kier molecular flexibility index (Phi) is 3.35. The second-order valence-corrected chi connectivity index (χ2v) is 4.14. The van der Waals surface area contributed by atoms with Crippen LogP contribution in [0.1, 0.15) is 23.5 Å². The summed E-state index contributed by atoms with van der Waals surface area (Å²) in [4.78, 5) is 11.7. The number of carbonyl (C=O) groups excluding carboxylic acids is 1. The molecule has 0 saturated carbocycles. The maximum absolute atomic E-state index is 11.7. The number of hydrogen-bond acceptors (Lipinski definition) is 5. The predicted octanol–water partition coefficient (Wildman–Crippen LogP) is -0.688. The van der Waals surface area contributed by atoms with Crippen LogP contribution in [0.15, 0.2) is 6.20 Å². The van der Waals surface area contributed by atoms with Crippen molar-refractivity contribution in [2.45, 2.75) is 13.0 Å². The lowest BCUT2D eigenvalue weighted by atomic mass is 10.2. The first-order chi connectivity index (χ1) is 8.20. The second-order valence-electron chi connectivity index (χ2n) is 4.14. The fourth-order valence-electron chi connectivity index (χ4n) is 1.40. The molecule has 0 aromatic carbocycles. The standard InChI is InChI=1S/C10H14N6O/c1-7(2-11)3-13-10(17)9-6-16(15-14-9)8-4-12-5-8/h6-8,12H,3-5H2,1H3,(H,13,17). The highest BCUT2D eigenvalue weighted by molar-refractivity contribution is 5.91. The third kappa shape index (κ3) is 2.60. The van der Waals surface area contributed by atoms with Crippen LogP contribution in [0.2, 0.25) is 0 Å². The highest BCUT2D eigenvalue weighted by Crippen LogP contribution is 2.09. The van der Waals surface area contributed by atoms with Crippen LogP contribution in [0.3, 0.4) is 0 Å². The molecule has 17 heavy (non-hydrogen) atoms. The molecule has 0 aliphatic carbocycles. The van der Waals surface area contributed by atoms with E-state index in [-0.39, 0.29) is 11.8 Å². The van der Waals surface area contributed by atoms with Crippen LogP contribution in [0.4, 0.5) is 0 Å². The maximum atomic E-state index is 11.7. The van der Waals surface area contributed by atoms with Crippen LogP contribution >= 0.6 is 0 Å². The normalized spacial score (nSPS) is 16.9. The Hall–Kier alpha value is -1.94. The van der Waals surface area contributed by atoms with Gasteiger partial charge in [-0.3, -0.25) is 4.79 Å². The van der Waals surface area contributed by atoms with Crippen LogP contribution in [-0.2, 0) is 0 Å². The molecule has 2 heterocycles. The molecule has 0 spiro atoms. The van der Waals surface area contributed by atoms with Gasteiger partial charge in [0.1, 0.15) is 0 Å². The Morgan fingerprint density at radius 2 is 2.59 bits per heavy atom. The number of aromatic nitrogens is 3. The highest BCUT2D eigenvalue weighted by Gasteiger charge is 2.21. The molecule has 1 amide bonds. The minimum absolute atomic E-state index is 0.204. The smallest absolute Gasteiger partial charge is 0.273 e. The first-order valence-corrected chi connectivity index (χ1v) is 5.51. The zero-order valence-corrected chi connectivity index (χ0v) is 9.55. The molecular weight excluding hydrogens is 220 g/mol. The summed E-state index contributed by atoms with van der Waals surface area (Å²) >= 11 is 0. The van der Waals surface area contributed by atoms with E-state index in [9.17, 15) is 4.79 Å². The molecule has 2 rings (SSSR count). The fraction of sp³-hybridized carbons (Fsp3) is 0.600. The molecule has 1 aliphatic heterocycles. The molecule has 1 unspecified atom stereocenters. The molecule has 7 heteroatoms. The monoisotopic (exact) mass is 234 g/mol. The van der Waals surface area contributed by atoms with E-state index in [0.29, 0.717) is 18.3 Å². The van der Waals surface area contributed by atoms with E-state index in [1.807, 2.05) is 6.07 Å². The molecule has 0 bridgehead atoms. The van der Waals surface area contributed by atoms with Gasteiger partial charge in [0, 0.05) is 19.6 Å². The Morgan fingerprint density at radius 1 is 1.82 bits per heavy atom. The minimum atomic E-state index is -0.286. The molecule has 2 N–H and O–H groups in total. The lowest BCUT2D eigenvalue weighted by molar-refractivity contribution is 0.0945. The molecule has 1 saturated heterocycles. The Morgan fingerprint density at radius 3 is 3.18 bits per heavy atom. The maximum Gasteiger partial charge on any atom is 0.273 e. The van der Waals surface area contributed by atoms with Gasteiger partial charge in [0.25, 0.3) is 5.91 Å². The lowest BCUT2D eigenvalue weighted by Gasteiger charge is -2.26. The zero-order valence-electron chi connectivity index (χ0n) is 9.55. The van der Waals surface area contributed by atoms with Crippen LogP contribution in [0.25, 0.3) is 0 Å². The highest BCUT2D eigenvalue weighted by atomic mass is 16.2. The molecule has 1 aromatic heterocycles. The van der Waals surface area contributed by atoms with Crippen molar-refractivity contribution >= 4 is 5.91 Å². The van der Waals surface area contributed by atoms with Crippen molar-refractivity contribution in [2.24, 2.45) is 5.92 Å². The van der Waals surface area contributed by atoms with E-state index >= 15 is 0 Å². The van der Waals surface area contributed by atoms with Gasteiger partial charge in [-0.05, 0) is 6.92 Å². The van der Waals surface area contributed by atoms with Crippen LogP contribution in [0, 0.1) is 17.2 Å². The van der Waals surface area contributed by atoms with Crippen molar-refractivity contribution in [3.63, 3.8) is 0 Å². The van der Waals surface area contributed by atoms with Crippen molar-refractivity contribution in [2.75, 3.05) is 19.6 Å². The Balaban J connectivity index is 1.90. The number of rotatable bonds is 4. The molecule has 1 fully saturated rings. The minimum Gasteiger partial charge on any atom is -0.349 e. The van der Waals surface area contributed by atoms with Gasteiger partial charge in [0.15, 0.2) is 5.69 Å². The largest absolute Gasteiger partial charge is 0.349 e. The van der Waals surface area contributed by atoms with E-state index in [4.69, 9.17) is 5.26 Å². The summed E-state index contributed by atoms with van der Waals surface area (Å²) in [7, 11) is 0. The van der Waals surface area contributed by atoms with Gasteiger partial charge >= 0.3 is 0 Å². The molecular formula is C10H14N6O. The van der Waals surface area contributed by atoms with Crippen molar-refractivity contribution in [3.05, 3.63) is 11.9 Å². The molecule has 1 aromatic rings. The van der Waals surface area contributed by atoms with Gasteiger partial charge in [0.2, 0.25) is 0 Å². The van der Waals surface area contributed by atoms with Crippen molar-refractivity contribution in [1.29, 1.82) is 5.26 Å². The topological polar surface area (TPSA) is 95.6 Å². The second kappa shape index (κ2) is 4.93. The summed E-state index contributed by atoms with van der Waals surface area (Å²) in [5.74, 6) is -0.490. The van der Waals surface area contributed by atoms with E-state index in [2.05, 4.69) is 20.9 Å². The summed E-state index contributed by atoms with van der Waals surface area (Å²) in [6.07, 6.45) is 1.64. The number of nitrogens with one attached hydrogen (secondary N) is 2. The van der Waals surface area contributed by atoms with Crippen LogP contribution in [0.5, 0.6) is 0 Å². The van der Waals surface area contributed by atoms with Crippen LogP contribution < -0.4 is 10.6 Å². The summed E-state index contributed by atoms with van der Waals surface area (Å²) in [6, 6.07) is 2.34. The third-order valence-electron chi connectivity index (χ3n) is 2.67. The number of nitriles is 1. The van der Waals surface area contributed by atoms with Crippen LogP contribution in [-0.4, -0.2) is 40.5 Å². The first-order valence-electron chi connectivity index (χ1n) is 5.51. The number of carbonyl (C=O) groups is 1. The van der Waals surface area contributed by atoms with Gasteiger partial charge in [-0.25, -0.2) is 4.68 Å². The van der Waals surface area contributed by atoms with E-state index in [0.717, 1.165) is 13.1 Å². The average molecular weight is 234 g/mol. The SMILES string of the molecule is CC(C#N)CNC(=O)c1cn(C2CNC2)nn1. The number of hydrogen-bond donors (Lipinski definition) is 2. The summed E-state index contributed by atoms with van der Waals surface area (Å²) in [5.41, 5.74) is 0.294. The summed E-state index contributed by atoms with van der Waals surface area (Å²) in [6.45, 7) is 3.79. The molecule has 1 atom stereocenters. The van der Waals surface area contributed by atoms with Crippen molar-refractivity contribution in [3.8, 4) is 6.07 Å². The van der Waals surface area contributed by atoms with Gasteiger partial charge < -0.3 is 10.6 Å². The Labute approximate surface area is 98.8 Å². The van der Waals surface area contributed by atoms with Gasteiger partial charge in [0.05, 0.1) is 24.2 Å². The number of amides is 1. The van der Waals surface area contributed by atoms with Gasteiger partial charge in [-0.1, -0.05) is 5.21 Å². The van der Waals surface area contributed by atoms with E-state index < -0.39 is 0 Å². The molecule has 1 aliphatic rings. The summed E-state index contributed by atoms with van der Waals surface area (Å²) in [5, 5.41) is 22.1. The molecule has 7 nitrogen and oxygen atoms in total. The van der Waals surface area contributed by atoms with Crippen molar-refractivity contribution < 1.29 is 4.79 Å². The lowest BCUT2D eigenvalue weighted by Crippen LogP contribution is -2.43. The van der Waals surface area contributed by atoms with E-state index in [1.54, 1.807) is 17.8 Å². The quantitative estimate of drug-likeness (QED) is 0.719. The molecule has 90 valence electrons. The average Bonchev–Trinajstić information content (AvgIpc) is 2.72. The fourth-order valence-corrected chi connectivity index (χ4v) is 1.40. The zero-order chi connectivity index (χ0) is 12.3. The van der Waals surface area contributed by atoms with Gasteiger partial charge in [-0.2, -0.15) is 5.26 Å².